The first-order valence-electron chi connectivity index (χ1n) is 8.90. The van der Waals surface area contributed by atoms with Crippen LogP contribution >= 0.6 is 23.1 Å². The van der Waals surface area contributed by atoms with E-state index in [2.05, 4.69) is 21.7 Å². The van der Waals surface area contributed by atoms with Gasteiger partial charge in [-0.3, -0.25) is 14.9 Å². The number of thioether (sulfide) groups is 1. The van der Waals surface area contributed by atoms with E-state index in [1.165, 1.54) is 11.3 Å². The molecule has 0 fully saturated rings. The number of anilines is 2. The molecule has 0 radical (unpaired) electrons. The molecule has 7 heteroatoms. The lowest BCUT2D eigenvalue weighted by Crippen LogP contribution is -2.18. The van der Waals surface area contributed by atoms with E-state index in [0.29, 0.717) is 17.1 Å². The zero-order valence-electron chi connectivity index (χ0n) is 15.3. The third-order valence-corrected chi connectivity index (χ3v) is 5.90. The highest BCUT2D eigenvalue weighted by molar-refractivity contribution is 7.97. The van der Waals surface area contributed by atoms with Crippen LogP contribution in [0.2, 0.25) is 0 Å². The highest BCUT2D eigenvalue weighted by atomic mass is 32.2. The molecule has 2 amide bonds. The van der Waals surface area contributed by atoms with E-state index in [1.54, 1.807) is 11.8 Å². The summed E-state index contributed by atoms with van der Waals surface area (Å²) < 4.78 is 0. The number of aryl methyl sites for hydroxylation is 1. The maximum absolute atomic E-state index is 12.5. The van der Waals surface area contributed by atoms with Gasteiger partial charge in [-0.2, -0.15) is 11.8 Å². The summed E-state index contributed by atoms with van der Waals surface area (Å²) in [6, 6.07) is 13.6. The van der Waals surface area contributed by atoms with E-state index < -0.39 is 0 Å². The van der Waals surface area contributed by atoms with Gasteiger partial charge in [0.25, 0.3) is 5.91 Å². The van der Waals surface area contributed by atoms with Gasteiger partial charge in [0, 0.05) is 34.4 Å². The Labute approximate surface area is 171 Å². The van der Waals surface area contributed by atoms with Crippen LogP contribution in [0.5, 0.6) is 0 Å². The molecular weight excluding hydrogens is 390 g/mol. The normalized spacial score (nSPS) is 13.0. The number of hydrogen-bond donors (Lipinski definition) is 2. The third-order valence-electron chi connectivity index (χ3n) is 4.52. The number of hydrogen-bond acceptors (Lipinski definition) is 5. The molecule has 1 aliphatic rings. The zero-order valence-corrected chi connectivity index (χ0v) is 17.0. The van der Waals surface area contributed by atoms with Crippen molar-refractivity contribution < 1.29 is 9.59 Å². The molecule has 142 valence electrons. The average molecular weight is 410 g/mol. The van der Waals surface area contributed by atoms with E-state index in [1.807, 2.05) is 48.0 Å². The van der Waals surface area contributed by atoms with Crippen LogP contribution in [0.1, 0.15) is 27.9 Å². The van der Waals surface area contributed by atoms with Crippen LogP contribution in [0.4, 0.5) is 10.8 Å². The number of nitrogens with one attached hydrogen (secondary N) is 2. The predicted octanol–water partition coefficient (Wildman–Crippen LogP) is 4.81. The molecule has 0 saturated heterocycles. The first kappa shape index (κ1) is 18.7. The van der Waals surface area contributed by atoms with Gasteiger partial charge in [0.1, 0.15) is 0 Å². The van der Waals surface area contributed by atoms with Crippen molar-refractivity contribution in [2.75, 3.05) is 16.9 Å². The Morgan fingerprint density at radius 3 is 3.00 bits per heavy atom. The molecule has 2 aromatic carbocycles. The van der Waals surface area contributed by atoms with Crippen molar-refractivity contribution in [3.8, 4) is 11.3 Å². The van der Waals surface area contributed by atoms with E-state index >= 15 is 0 Å². The van der Waals surface area contributed by atoms with Crippen molar-refractivity contribution in [1.29, 1.82) is 0 Å². The Balaban J connectivity index is 1.49. The molecule has 0 aliphatic carbocycles. The predicted molar refractivity (Wildman–Crippen MR) is 116 cm³/mol. The fourth-order valence-corrected chi connectivity index (χ4v) is 4.37. The second-order valence-electron chi connectivity index (χ2n) is 6.55. The van der Waals surface area contributed by atoms with Crippen molar-refractivity contribution in [2.24, 2.45) is 0 Å². The van der Waals surface area contributed by atoms with Gasteiger partial charge >= 0.3 is 0 Å². The van der Waals surface area contributed by atoms with Crippen LogP contribution in [0.3, 0.4) is 0 Å². The lowest BCUT2D eigenvalue weighted by molar-refractivity contribution is -0.116. The Bertz CT molecular complexity index is 1050. The Morgan fingerprint density at radius 2 is 2.14 bits per heavy atom. The molecule has 28 heavy (non-hydrogen) atoms. The summed E-state index contributed by atoms with van der Waals surface area (Å²) in [5.41, 5.74) is 5.54. The number of thiazole rings is 1. The number of fused-ring (bicyclic) bond motifs is 1. The largest absolute Gasteiger partial charge is 0.326 e. The minimum atomic E-state index is -0.156. The number of benzene rings is 2. The van der Waals surface area contributed by atoms with E-state index in [9.17, 15) is 9.59 Å². The zero-order chi connectivity index (χ0) is 19.5. The van der Waals surface area contributed by atoms with Gasteiger partial charge in [-0.1, -0.05) is 18.2 Å². The minimum absolute atomic E-state index is 0.0560. The molecular formula is C21H19N3O2S2. The lowest BCUT2D eigenvalue weighted by Gasteiger charge is -2.17. The van der Waals surface area contributed by atoms with Crippen molar-refractivity contribution >= 4 is 45.7 Å². The summed E-state index contributed by atoms with van der Waals surface area (Å²) in [6.45, 7) is 0. The van der Waals surface area contributed by atoms with Crippen molar-refractivity contribution in [2.45, 2.75) is 18.6 Å². The lowest BCUT2D eigenvalue weighted by atomic mass is 9.99. The van der Waals surface area contributed by atoms with Gasteiger partial charge in [0.15, 0.2) is 5.13 Å². The monoisotopic (exact) mass is 409 g/mol. The fourth-order valence-electron chi connectivity index (χ4n) is 3.14. The van der Waals surface area contributed by atoms with Crippen molar-refractivity contribution in [3.63, 3.8) is 0 Å². The fraction of sp³-hybridized carbons (Fsp3) is 0.190. The van der Waals surface area contributed by atoms with Crippen LogP contribution in [0.25, 0.3) is 11.3 Å². The molecule has 0 spiro atoms. The molecule has 2 N–H and O–H groups in total. The van der Waals surface area contributed by atoms with Gasteiger partial charge in [-0.25, -0.2) is 4.98 Å². The Hall–Kier alpha value is -2.64. The SMILES string of the molecule is CSCc1cccc(C(=O)Nc2nc(-c3ccc4c(c3)CCC(=O)N4)cs2)c1. The third kappa shape index (κ3) is 4.10. The molecule has 0 bridgehead atoms. The van der Waals surface area contributed by atoms with Crippen LogP contribution in [-0.4, -0.2) is 23.1 Å². The molecule has 5 nitrogen and oxygen atoms in total. The standard InChI is InChI=1S/C21H19N3O2S2/c1-27-11-13-3-2-4-16(9-13)20(26)24-21-23-18(12-28-21)15-5-7-17-14(10-15)6-8-19(25)22-17/h2-5,7,9-10,12H,6,8,11H2,1H3,(H,22,25)(H,23,24,26). The summed E-state index contributed by atoms with van der Waals surface area (Å²) in [4.78, 5) is 28.6. The Kier molecular flexibility index (Phi) is 5.45. The van der Waals surface area contributed by atoms with Crippen molar-refractivity contribution in [3.05, 3.63) is 64.5 Å². The number of carbonyl (C=O) groups is 2. The van der Waals surface area contributed by atoms with Gasteiger partial charge in [-0.15, -0.1) is 11.3 Å². The number of nitrogens with zero attached hydrogens (tertiary/aromatic N) is 1. The molecule has 1 aromatic heterocycles. The first-order chi connectivity index (χ1) is 13.6. The van der Waals surface area contributed by atoms with Crippen LogP contribution in [-0.2, 0) is 17.0 Å². The number of carbonyl (C=O) groups excluding carboxylic acids is 2. The quantitative estimate of drug-likeness (QED) is 0.634. The maximum atomic E-state index is 12.5. The molecule has 2 heterocycles. The van der Waals surface area contributed by atoms with Gasteiger partial charge in [-0.05, 0) is 48.1 Å². The van der Waals surface area contributed by atoms with Gasteiger partial charge < -0.3 is 5.32 Å². The summed E-state index contributed by atoms with van der Waals surface area (Å²) >= 11 is 3.13. The highest BCUT2D eigenvalue weighted by Gasteiger charge is 2.16. The van der Waals surface area contributed by atoms with Crippen molar-refractivity contribution in [1.82, 2.24) is 4.98 Å². The first-order valence-corrected chi connectivity index (χ1v) is 11.2. The smallest absolute Gasteiger partial charge is 0.257 e. The second kappa shape index (κ2) is 8.16. The minimum Gasteiger partial charge on any atom is -0.326 e. The highest BCUT2D eigenvalue weighted by Crippen LogP contribution is 2.30. The molecule has 1 aliphatic heterocycles. The van der Waals surface area contributed by atoms with Crippen LogP contribution in [0, 0.1) is 0 Å². The average Bonchev–Trinajstić information content (AvgIpc) is 3.16. The number of amides is 2. The van der Waals surface area contributed by atoms with Gasteiger partial charge in [0.2, 0.25) is 5.91 Å². The summed E-state index contributed by atoms with van der Waals surface area (Å²) in [6.07, 6.45) is 3.28. The Morgan fingerprint density at radius 1 is 1.25 bits per heavy atom. The number of rotatable bonds is 5. The van der Waals surface area contributed by atoms with Gasteiger partial charge in [0.05, 0.1) is 5.69 Å². The topological polar surface area (TPSA) is 71.1 Å². The second-order valence-corrected chi connectivity index (χ2v) is 8.27. The molecule has 3 aromatic rings. The molecule has 0 saturated carbocycles. The van der Waals surface area contributed by atoms with Crippen LogP contribution < -0.4 is 10.6 Å². The van der Waals surface area contributed by atoms with E-state index in [-0.39, 0.29) is 11.8 Å². The molecule has 4 rings (SSSR count). The number of aromatic nitrogens is 1. The molecule has 0 atom stereocenters. The summed E-state index contributed by atoms with van der Waals surface area (Å²) in [7, 11) is 0. The van der Waals surface area contributed by atoms with Crippen LogP contribution in [0.15, 0.2) is 47.8 Å². The van der Waals surface area contributed by atoms with E-state index in [0.717, 1.165) is 40.2 Å². The van der Waals surface area contributed by atoms with E-state index in [4.69, 9.17) is 0 Å². The molecule has 0 unspecified atom stereocenters. The summed E-state index contributed by atoms with van der Waals surface area (Å²) in [5, 5.41) is 8.28. The summed E-state index contributed by atoms with van der Waals surface area (Å²) in [5.74, 6) is 0.777. The maximum Gasteiger partial charge on any atom is 0.257 e.